The summed E-state index contributed by atoms with van der Waals surface area (Å²) >= 11 is 0. The number of carbonyl (C=O) groups is 2. The maximum absolute atomic E-state index is 13.5. The van der Waals surface area contributed by atoms with Gasteiger partial charge in [0, 0.05) is 34.8 Å². The molecule has 1 aromatic carbocycles. The Labute approximate surface area is 179 Å². The first kappa shape index (κ1) is 23.4. The molecule has 0 radical (unpaired) electrons. The second-order valence-corrected chi connectivity index (χ2v) is 8.89. The largest absolute Gasteiger partial charge is 0.479 e. The molecule has 0 unspecified atom stereocenters. The fourth-order valence-electron chi connectivity index (χ4n) is 3.35. The molecule has 162 valence electrons. The average molecular weight is 412 g/mol. The van der Waals surface area contributed by atoms with Gasteiger partial charge >= 0.3 is 0 Å². The normalized spacial score (nSPS) is 11.5. The summed E-state index contributed by atoms with van der Waals surface area (Å²) in [6.45, 7) is 13.5. The molecule has 6 heteroatoms. The van der Waals surface area contributed by atoms with Crippen LogP contribution in [0.2, 0.25) is 0 Å². The Kier molecular flexibility index (Phi) is 7.24. The van der Waals surface area contributed by atoms with Crippen LogP contribution in [0.15, 0.2) is 36.5 Å². The molecule has 0 atom stereocenters. The van der Waals surface area contributed by atoms with Crippen LogP contribution in [0.3, 0.4) is 0 Å². The number of ether oxygens (including phenoxy) is 1. The van der Waals surface area contributed by atoms with Gasteiger partial charge in [-0.1, -0.05) is 39.0 Å². The fraction of sp³-hybridized carbons (Fsp3) is 0.458. The molecule has 2 aromatic rings. The predicted molar refractivity (Wildman–Crippen MR) is 121 cm³/mol. The van der Waals surface area contributed by atoms with Crippen molar-refractivity contribution in [2.75, 3.05) is 12.4 Å². The van der Waals surface area contributed by atoms with Gasteiger partial charge in [-0.15, -0.1) is 0 Å². The van der Waals surface area contributed by atoms with Crippen LogP contribution >= 0.6 is 0 Å². The molecule has 6 nitrogen and oxygen atoms in total. The van der Waals surface area contributed by atoms with Gasteiger partial charge in [0.2, 0.25) is 11.8 Å². The van der Waals surface area contributed by atoms with Crippen LogP contribution in [0.1, 0.15) is 58.8 Å². The first-order valence-electron chi connectivity index (χ1n) is 10.3. The number of benzene rings is 1. The Morgan fingerprint density at radius 2 is 1.60 bits per heavy atom. The topological polar surface area (TPSA) is 71.5 Å². The molecular formula is C24H33N3O3. The number of amides is 2. The van der Waals surface area contributed by atoms with Crippen molar-refractivity contribution in [3.8, 4) is 17.0 Å². The van der Waals surface area contributed by atoms with E-state index in [0.29, 0.717) is 22.7 Å². The summed E-state index contributed by atoms with van der Waals surface area (Å²) in [7, 11) is 1.51. The number of nitrogens with one attached hydrogen (secondary N) is 1. The van der Waals surface area contributed by atoms with Crippen molar-refractivity contribution in [3.05, 3.63) is 42.1 Å². The van der Waals surface area contributed by atoms with Crippen molar-refractivity contribution in [1.29, 1.82) is 0 Å². The van der Waals surface area contributed by atoms with Crippen molar-refractivity contribution >= 4 is 17.5 Å². The Bertz CT molecular complexity index is 906. The highest BCUT2D eigenvalue weighted by molar-refractivity contribution is 6.05. The van der Waals surface area contributed by atoms with Gasteiger partial charge in [0.1, 0.15) is 5.69 Å². The Morgan fingerprint density at radius 1 is 1.00 bits per heavy atom. The third kappa shape index (κ3) is 4.99. The number of carbonyl (C=O) groups excluding carboxylic acids is 2. The van der Waals surface area contributed by atoms with Crippen LogP contribution in [0.4, 0.5) is 5.69 Å². The SMILES string of the molecule is COc1nccc(-c2ccccc2C(=O)N(C(C)C)C(C)C)c1NC(=O)C(C)(C)C. The number of methoxy groups -OCH3 is 1. The summed E-state index contributed by atoms with van der Waals surface area (Å²) in [5.74, 6) is 0.0845. The van der Waals surface area contributed by atoms with Gasteiger partial charge in [-0.05, 0) is 45.4 Å². The van der Waals surface area contributed by atoms with Crippen molar-refractivity contribution in [1.82, 2.24) is 9.88 Å². The average Bonchev–Trinajstić information content (AvgIpc) is 2.66. The van der Waals surface area contributed by atoms with E-state index in [1.807, 2.05) is 77.6 Å². The van der Waals surface area contributed by atoms with E-state index in [0.717, 1.165) is 5.56 Å². The molecule has 0 aliphatic carbocycles. The number of aromatic nitrogens is 1. The van der Waals surface area contributed by atoms with Crippen LogP contribution in [0, 0.1) is 5.41 Å². The standard InChI is InChI=1S/C24H33N3O3/c1-15(2)27(16(3)4)22(28)19-12-10-9-11-17(19)18-13-14-25-21(30-8)20(18)26-23(29)24(5,6)7/h9-16H,1-8H3,(H,26,29). The van der Waals surface area contributed by atoms with E-state index in [1.54, 1.807) is 12.3 Å². The molecule has 0 spiro atoms. The lowest BCUT2D eigenvalue weighted by Crippen LogP contribution is -2.42. The van der Waals surface area contributed by atoms with E-state index in [2.05, 4.69) is 10.3 Å². The summed E-state index contributed by atoms with van der Waals surface area (Å²) in [5.41, 5.74) is 1.84. The quantitative estimate of drug-likeness (QED) is 0.726. The van der Waals surface area contributed by atoms with Crippen LogP contribution in [-0.2, 0) is 4.79 Å². The molecule has 30 heavy (non-hydrogen) atoms. The van der Waals surface area contributed by atoms with Crippen LogP contribution in [0.5, 0.6) is 5.88 Å². The summed E-state index contributed by atoms with van der Waals surface area (Å²) in [6, 6.07) is 9.33. The highest BCUT2D eigenvalue weighted by Crippen LogP contribution is 2.37. The third-order valence-electron chi connectivity index (χ3n) is 4.82. The zero-order valence-corrected chi connectivity index (χ0v) is 19.2. The van der Waals surface area contributed by atoms with E-state index in [4.69, 9.17) is 4.74 Å². The van der Waals surface area contributed by atoms with Gasteiger partial charge in [0.15, 0.2) is 0 Å². The Balaban J connectivity index is 2.66. The molecule has 2 rings (SSSR count). The van der Waals surface area contributed by atoms with E-state index in [1.165, 1.54) is 7.11 Å². The second-order valence-electron chi connectivity index (χ2n) is 8.89. The Morgan fingerprint density at radius 3 is 2.13 bits per heavy atom. The minimum Gasteiger partial charge on any atom is -0.479 e. The van der Waals surface area contributed by atoms with Gasteiger partial charge in [-0.3, -0.25) is 9.59 Å². The molecule has 1 heterocycles. The lowest BCUT2D eigenvalue weighted by Gasteiger charge is -2.31. The summed E-state index contributed by atoms with van der Waals surface area (Å²) in [4.78, 5) is 32.3. The van der Waals surface area contributed by atoms with Crippen molar-refractivity contribution < 1.29 is 14.3 Å². The first-order chi connectivity index (χ1) is 14.0. The fourth-order valence-corrected chi connectivity index (χ4v) is 3.35. The number of anilines is 1. The van der Waals surface area contributed by atoms with Crippen molar-refractivity contribution in [3.63, 3.8) is 0 Å². The molecule has 0 aliphatic heterocycles. The zero-order chi connectivity index (χ0) is 22.6. The smallest absolute Gasteiger partial charge is 0.254 e. The number of pyridine rings is 1. The van der Waals surface area contributed by atoms with Gasteiger partial charge in [0.05, 0.1) is 7.11 Å². The van der Waals surface area contributed by atoms with E-state index < -0.39 is 5.41 Å². The molecule has 0 aliphatic rings. The lowest BCUT2D eigenvalue weighted by molar-refractivity contribution is -0.123. The zero-order valence-electron chi connectivity index (χ0n) is 19.2. The number of hydrogen-bond acceptors (Lipinski definition) is 4. The lowest BCUT2D eigenvalue weighted by atomic mass is 9.94. The molecular weight excluding hydrogens is 378 g/mol. The van der Waals surface area contributed by atoms with Crippen LogP contribution in [-0.4, -0.2) is 40.9 Å². The summed E-state index contributed by atoms with van der Waals surface area (Å²) in [5, 5.41) is 2.96. The molecule has 2 amide bonds. The molecule has 0 fully saturated rings. The van der Waals surface area contributed by atoms with Crippen molar-refractivity contribution in [2.45, 2.75) is 60.5 Å². The van der Waals surface area contributed by atoms with Gasteiger partial charge in [0.25, 0.3) is 5.91 Å². The molecule has 1 N–H and O–H groups in total. The Hall–Kier alpha value is -2.89. The molecule has 0 saturated carbocycles. The highest BCUT2D eigenvalue weighted by Gasteiger charge is 2.27. The number of nitrogens with zero attached hydrogens (tertiary/aromatic N) is 2. The maximum atomic E-state index is 13.5. The molecule has 1 aromatic heterocycles. The minimum atomic E-state index is -0.598. The molecule has 0 saturated heterocycles. The first-order valence-corrected chi connectivity index (χ1v) is 10.3. The third-order valence-corrected chi connectivity index (χ3v) is 4.82. The summed E-state index contributed by atoms with van der Waals surface area (Å²) < 4.78 is 5.42. The highest BCUT2D eigenvalue weighted by atomic mass is 16.5. The molecule has 0 bridgehead atoms. The number of hydrogen-bond donors (Lipinski definition) is 1. The monoisotopic (exact) mass is 411 g/mol. The summed E-state index contributed by atoms with van der Waals surface area (Å²) in [6.07, 6.45) is 1.62. The van der Waals surface area contributed by atoms with Crippen LogP contribution < -0.4 is 10.1 Å². The number of rotatable bonds is 6. The van der Waals surface area contributed by atoms with E-state index in [-0.39, 0.29) is 23.9 Å². The predicted octanol–water partition coefficient (Wildman–Crippen LogP) is 5.00. The van der Waals surface area contributed by atoms with Gasteiger partial charge in [-0.25, -0.2) is 4.98 Å². The van der Waals surface area contributed by atoms with Crippen molar-refractivity contribution in [2.24, 2.45) is 5.41 Å². The van der Waals surface area contributed by atoms with E-state index >= 15 is 0 Å². The van der Waals surface area contributed by atoms with Gasteiger partial charge in [-0.2, -0.15) is 0 Å². The second kappa shape index (κ2) is 9.28. The van der Waals surface area contributed by atoms with E-state index in [9.17, 15) is 9.59 Å². The maximum Gasteiger partial charge on any atom is 0.254 e. The minimum absolute atomic E-state index is 0.0533. The van der Waals surface area contributed by atoms with Gasteiger partial charge < -0.3 is 15.0 Å². The van der Waals surface area contributed by atoms with Crippen LogP contribution in [0.25, 0.3) is 11.1 Å².